The van der Waals surface area contributed by atoms with Gasteiger partial charge in [-0.15, -0.1) is 0 Å². The van der Waals surface area contributed by atoms with Gasteiger partial charge in [0.2, 0.25) is 0 Å². The molecule has 1 heterocycles. The first-order valence-electron chi connectivity index (χ1n) is 3.86. The SMILES string of the molecule is Cc1cc2[nH]c(=S)oc2cc1[N+](=O)[O-]. The predicted molar refractivity (Wildman–Crippen MR) is 52.8 cm³/mol. The van der Waals surface area contributed by atoms with Crippen molar-refractivity contribution in [2.24, 2.45) is 0 Å². The Hall–Kier alpha value is -1.69. The largest absolute Gasteiger partial charge is 0.429 e. The van der Waals surface area contributed by atoms with Crippen LogP contribution in [0.1, 0.15) is 5.56 Å². The summed E-state index contributed by atoms with van der Waals surface area (Å²) in [5.41, 5.74) is 1.70. The summed E-state index contributed by atoms with van der Waals surface area (Å²) in [5, 5.41) is 10.6. The van der Waals surface area contributed by atoms with Crippen LogP contribution in [0.15, 0.2) is 16.5 Å². The summed E-state index contributed by atoms with van der Waals surface area (Å²) in [4.78, 5) is 13.2. The van der Waals surface area contributed by atoms with Gasteiger partial charge in [-0.05, 0) is 25.2 Å². The van der Waals surface area contributed by atoms with Gasteiger partial charge in [-0.1, -0.05) is 0 Å². The summed E-state index contributed by atoms with van der Waals surface area (Å²) < 4.78 is 5.07. The van der Waals surface area contributed by atoms with Crippen molar-refractivity contribution in [3.05, 3.63) is 32.6 Å². The van der Waals surface area contributed by atoms with E-state index in [1.807, 2.05) is 0 Å². The Morgan fingerprint density at radius 1 is 1.57 bits per heavy atom. The zero-order valence-electron chi connectivity index (χ0n) is 7.23. The fourth-order valence-corrected chi connectivity index (χ4v) is 1.49. The molecule has 1 aromatic carbocycles. The molecule has 0 unspecified atom stereocenters. The number of aryl methyl sites for hydroxylation is 1. The molecular formula is C8H6N2O3S. The zero-order valence-corrected chi connectivity index (χ0v) is 8.05. The number of nitro groups is 1. The van der Waals surface area contributed by atoms with Crippen LogP contribution >= 0.6 is 12.2 Å². The maximum atomic E-state index is 10.6. The molecule has 72 valence electrons. The van der Waals surface area contributed by atoms with Crippen LogP contribution in [0.5, 0.6) is 0 Å². The fourth-order valence-electron chi connectivity index (χ4n) is 1.29. The van der Waals surface area contributed by atoms with Gasteiger partial charge < -0.3 is 9.40 Å². The second kappa shape index (κ2) is 2.91. The number of H-pyrrole nitrogens is 1. The highest BCUT2D eigenvalue weighted by Gasteiger charge is 2.13. The van der Waals surface area contributed by atoms with Crippen LogP contribution in [0.3, 0.4) is 0 Å². The molecule has 2 aromatic rings. The van der Waals surface area contributed by atoms with Crippen molar-refractivity contribution in [3.63, 3.8) is 0 Å². The van der Waals surface area contributed by atoms with Gasteiger partial charge in [0.1, 0.15) is 0 Å². The lowest BCUT2D eigenvalue weighted by atomic mass is 10.2. The van der Waals surface area contributed by atoms with Crippen molar-refractivity contribution in [1.29, 1.82) is 0 Å². The van der Waals surface area contributed by atoms with Crippen molar-refractivity contribution in [3.8, 4) is 0 Å². The molecule has 0 aliphatic rings. The molecule has 2 rings (SSSR count). The van der Waals surface area contributed by atoms with Gasteiger partial charge in [-0.3, -0.25) is 10.1 Å². The smallest absolute Gasteiger partial charge is 0.276 e. The maximum absolute atomic E-state index is 10.6. The molecule has 1 N–H and O–H groups in total. The van der Waals surface area contributed by atoms with E-state index in [-0.39, 0.29) is 10.5 Å². The number of hydrogen-bond acceptors (Lipinski definition) is 4. The van der Waals surface area contributed by atoms with E-state index in [0.29, 0.717) is 16.7 Å². The van der Waals surface area contributed by atoms with Crippen molar-refractivity contribution in [1.82, 2.24) is 4.98 Å². The highest BCUT2D eigenvalue weighted by molar-refractivity contribution is 7.71. The minimum Gasteiger partial charge on any atom is -0.429 e. The first-order valence-corrected chi connectivity index (χ1v) is 4.26. The number of nitro benzene ring substituents is 1. The lowest BCUT2D eigenvalue weighted by Gasteiger charge is -1.95. The van der Waals surface area contributed by atoms with E-state index in [1.54, 1.807) is 13.0 Å². The quantitative estimate of drug-likeness (QED) is 0.446. The molecule has 6 heteroatoms. The van der Waals surface area contributed by atoms with Gasteiger partial charge in [-0.25, -0.2) is 0 Å². The summed E-state index contributed by atoms with van der Waals surface area (Å²) >= 11 is 4.77. The molecule has 0 amide bonds. The number of rotatable bonds is 1. The Morgan fingerprint density at radius 3 is 2.93 bits per heavy atom. The van der Waals surface area contributed by atoms with Crippen LogP contribution in [-0.4, -0.2) is 9.91 Å². The van der Waals surface area contributed by atoms with Gasteiger partial charge in [0.15, 0.2) is 5.58 Å². The Bertz CT molecular complexity index is 569. The number of benzene rings is 1. The monoisotopic (exact) mass is 210 g/mol. The Morgan fingerprint density at radius 2 is 2.29 bits per heavy atom. The van der Waals surface area contributed by atoms with Crippen molar-refractivity contribution in [2.45, 2.75) is 6.92 Å². The van der Waals surface area contributed by atoms with Crippen LogP contribution in [0.25, 0.3) is 11.1 Å². The molecule has 0 atom stereocenters. The van der Waals surface area contributed by atoms with Crippen LogP contribution in [0.2, 0.25) is 0 Å². The van der Waals surface area contributed by atoms with Crippen molar-refractivity contribution >= 4 is 29.0 Å². The normalized spacial score (nSPS) is 10.6. The molecule has 0 aliphatic carbocycles. The average Bonchev–Trinajstić information content (AvgIpc) is 2.42. The number of aromatic amines is 1. The number of nitrogens with one attached hydrogen (secondary N) is 1. The van der Waals surface area contributed by atoms with E-state index in [9.17, 15) is 10.1 Å². The topological polar surface area (TPSA) is 72.1 Å². The number of oxazole rings is 1. The Labute approximate surface area is 83.5 Å². The molecule has 14 heavy (non-hydrogen) atoms. The fraction of sp³-hybridized carbons (Fsp3) is 0.125. The number of nitrogens with zero attached hydrogens (tertiary/aromatic N) is 1. The first-order chi connectivity index (χ1) is 6.58. The van der Waals surface area contributed by atoms with Crippen molar-refractivity contribution < 1.29 is 9.34 Å². The molecule has 5 nitrogen and oxygen atoms in total. The molecule has 0 aliphatic heterocycles. The third kappa shape index (κ3) is 1.29. The molecule has 1 aromatic heterocycles. The zero-order chi connectivity index (χ0) is 10.3. The van der Waals surface area contributed by atoms with Crippen LogP contribution in [0, 0.1) is 21.9 Å². The van der Waals surface area contributed by atoms with E-state index in [0.717, 1.165) is 0 Å². The molecule has 0 spiro atoms. The van der Waals surface area contributed by atoms with E-state index in [2.05, 4.69) is 4.98 Å². The Kier molecular flexibility index (Phi) is 1.85. The standard InChI is InChI=1S/C8H6N2O3S/c1-4-2-5-7(13-8(14)9-5)3-6(4)10(11)12/h2-3H,1H3,(H,9,14). The van der Waals surface area contributed by atoms with E-state index < -0.39 is 4.92 Å². The molecular weight excluding hydrogens is 204 g/mol. The van der Waals surface area contributed by atoms with Gasteiger partial charge in [0.25, 0.3) is 10.5 Å². The number of fused-ring (bicyclic) bond motifs is 1. The van der Waals surface area contributed by atoms with E-state index >= 15 is 0 Å². The van der Waals surface area contributed by atoms with Crippen LogP contribution < -0.4 is 0 Å². The second-order valence-corrected chi connectivity index (χ2v) is 3.28. The average molecular weight is 210 g/mol. The lowest BCUT2D eigenvalue weighted by Crippen LogP contribution is -1.90. The molecule has 0 fully saturated rings. The first kappa shape index (κ1) is 8.89. The number of hydrogen-bond donors (Lipinski definition) is 1. The highest BCUT2D eigenvalue weighted by atomic mass is 32.1. The molecule has 0 saturated heterocycles. The highest BCUT2D eigenvalue weighted by Crippen LogP contribution is 2.24. The summed E-state index contributed by atoms with van der Waals surface area (Å²) in [5.74, 6) is 0. The third-order valence-corrected chi connectivity index (χ3v) is 2.12. The summed E-state index contributed by atoms with van der Waals surface area (Å²) in [6, 6.07) is 3.02. The van der Waals surface area contributed by atoms with Crippen molar-refractivity contribution in [2.75, 3.05) is 0 Å². The summed E-state index contributed by atoms with van der Waals surface area (Å²) in [6.45, 7) is 1.67. The lowest BCUT2D eigenvalue weighted by molar-refractivity contribution is -0.385. The molecule has 0 saturated carbocycles. The molecule has 0 bridgehead atoms. The predicted octanol–water partition coefficient (Wildman–Crippen LogP) is 2.71. The third-order valence-electron chi connectivity index (χ3n) is 1.93. The van der Waals surface area contributed by atoms with Crippen LogP contribution in [-0.2, 0) is 0 Å². The van der Waals surface area contributed by atoms with E-state index in [4.69, 9.17) is 16.6 Å². The minimum atomic E-state index is -0.444. The minimum absolute atomic E-state index is 0.0373. The maximum Gasteiger partial charge on any atom is 0.276 e. The number of aromatic nitrogens is 1. The van der Waals surface area contributed by atoms with Crippen LogP contribution in [0.4, 0.5) is 5.69 Å². The molecule has 0 radical (unpaired) electrons. The van der Waals surface area contributed by atoms with Gasteiger partial charge in [0, 0.05) is 5.56 Å². The van der Waals surface area contributed by atoms with E-state index in [1.165, 1.54) is 6.07 Å². The Balaban J connectivity index is 2.82. The van der Waals surface area contributed by atoms with Gasteiger partial charge >= 0.3 is 0 Å². The summed E-state index contributed by atoms with van der Waals surface area (Å²) in [6.07, 6.45) is 0. The summed E-state index contributed by atoms with van der Waals surface area (Å²) in [7, 11) is 0. The van der Waals surface area contributed by atoms with Gasteiger partial charge in [0.05, 0.1) is 16.5 Å². The second-order valence-electron chi connectivity index (χ2n) is 2.91. The van der Waals surface area contributed by atoms with Gasteiger partial charge in [-0.2, -0.15) is 0 Å².